The largest absolute Gasteiger partial charge is 0.489 e. The van der Waals surface area contributed by atoms with E-state index in [9.17, 15) is 4.79 Å². The Bertz CT molecular complexity index is 590. The quantitative estimate of drug-likeness (QED) is 0.926. The van der Waals surface area contributed by atoms with E-state index in [4.69, 9.17) is 26.2 Å². The topological polar surface area (TPSA) is 55.8 Å². The summed E-state index contributed by atoms with van der Waals surface area (Å²) in [5.74, 6) is 0.468. The van der Waals surface area contributed by atoms with Crippen LogP contribution in [0, 0.1) is 5.41 Å². The highest BCUT2D eigenvalue weighted by atomic mass is 35.5. The third-order valence-corrected chi connectivity index (χ3v) is 4.69. The lowest BCUT2D eigenvalue weighted by Crippen LogP contribution is -2.22. The van der Waals surface area contributed by atoms with E-state index < -0.39 is 11.4 Å². The summed E-state index contributed by atoms with van der Waals surface area (Å²) in [6.45, 7) is 5.05. The molecule has 2 aliphatic rings. The first kappa shape index (κ1) is 14.5. The van der Waals surface area contributed by atoms with Crippen LogP contribution in [0.2, 0.25) is 5.02 Å². The maximum atomic E-state index is 11.0. The smallest absolute Gasteiger partial charge is 0.304 e. The number of carbonyl (C=O) groups is 1. The normalized spacial score (nSPS) is 19.2. The minimum atomic E-state index is -0.847. The number of benzene rings is 1. The van der Waals surface area contributed by atoms with Crippen LogP contribution in [-0.2, 0) is 10.2 Å². The summed E-state index contributed by atoms with van der Waals surface area (Å²) in [5.41, 5.74) is 0.383. The zero-order chi connectivity index (χ0) is 15.3. The highest BCUT2D eigenvalue weighted by molar-refractivity contribution is 6.31. The van der Waals surface area contributed by atoms with Crippen LogP contribution in [0.3, 0.4) is 0 Å². The molecule has 1 aliphatic carbocycles. The molecule has 0 saturated heterocycles. The molecule has 1 fully saturated rings. The van der Waals surface area contributed by atoms with Gasteiger partial charge in [-0.3, -0.25) is 4.79 Å². The molecule has 1 heterocycles. The maximum absolute atomic E-state index is 11.0. The van der Waals surface area contributed by atoms with E-state index in [0.717, 1.165) is 18.4 Å². The molecule has 21 heavy (non-hydrogen) atoms. The molecule has 1 aromatic rings. The Hall–Kier alpha value is -1.42. The summed E-state index contributed by atoms with van der Waals surface area (Å²) < 4.78 is 11.7. The number of hydrogen-bond acceptors (Lipinski definition) is 3. The highest BCUT2D eigenvalue weighted by Gasteiger charge is 2.46. The maximum Gasteiger partial charge on any atom is 0.304 e. The molecule has 0 bridgehead atoms. The van der Waals surface area contributed by atoms with E-state index in [1.54, 1.807) is 6.07 Å². The second kappa shape index (κ2) is 4.80. The number of fused-ring (bicyclic) bond motifs is 1. The molecule has 0 radical (unpaired) electrons. The number of aliphatic carboxylic acids is 1. The zero-order valence-corrected chi connectivity index (χ0v) is 13.0. The fourth-order valence-corrected chi connectivity index (χ4v) is 3.13. The predicted octanol–water partition coefficient (Wildman–Crippen LogP) is 3.64. The van der Waals surface area contributed by atoms with Crippen LogP contribution in [0.15, 0.2) is 12.1 Å². The monoisotopic (exact) mass is 310 g/mol. The Morgan fingerprint density at radius 1 is 1.29 bits per heavy atom. The van der Waals surface area contributed by atoms with Crippen LogP contribution < -0.4 is 9.47 Å². The second-order valence-corrected chi connectivity index (χ2v) is 7.22. The molecule has 0 atom stereocenters. The van der Waals surface area contributed by atoms with E-state index in [-0.39, 0.29) is 11.8 Å². The number of hydrogen-bond donors (Lipinski definition) is 1. The Morgan fingerprint density at radius 3 is 2.38 bits per heavy atom. The summed E-state index contributed by atoms with van der Waals surface area (Å²) in [7, 11) is 0. The Balaban J connectivity index is 1.94. The first-order valence-electron chi connectivity index (χ1n) is 7.13. The molecular formula is C16H19ClO4. The molecule has 0 amide bonds. The third-order valence-electron chi connectivity index (χ3n) is 4.38. The van der Waals surface area contributed by atoms with Crippen molar-refractivity contribution in [2.45, 2.75) is 38.5 Å². The van der Waals surface area contributed by atoms with Gasteiger partial charge in [-0.15, -0.1) is 0 Å². The van der Waals surface area contributed by atoms with Gasteiger partial charge >= 0.3 is 5.97 Å². The molecule has 5 heteroatoms. The van der Waals surface area contributed by atoms with Gasteiger partial charge in [0.2, 0.25) is 0 Å². The minimum Gasteiger partial charge on any atom is -0.489 e. The van der Waals surface area contributed by atoms with Crippen LogP contribution >= 0.6 is 11.6 Å². The van der Waals surface area contributed by atoms with E-state index >= 15 is 0 Å². The van der Waals surface area contributed by atoms with Crippen molar-refractivity contribution in [1.29, 1.82) is 0 Å². The number of carboxylic acids is 1. The number of carboxylic acid groups (broad SMARTS) is 1. The molecule has 4 nitrogen and oxygen atoms in total. The molecule has 114 valence electrons. The standard InChI is InChI=1S/C16H19ClO4/c1-15(2,7-14(18)19)10-5-12-13(6-11(10)17)21-9-16(3-4-16)8-20-12/h5-6H,3-4,7-9H2,1-2H3,(H,18,19). The van der Waals surface area contributed by atoms with Crippen LogP contribution in [0.25, 0.3) is 0 Å². The average Bonchev–Trinajstić information content (AvgIpc) is 3.15. The molecular weight excluding hydrogens is 292 g/mol. The molecule has 3 rings (SSSR count). The summed E-state index contributed by atoms with van der Waals surface area (Å²) >= 11 is 6.34. The van der Waals surface area contributed by atoms with E-state index in [2.05, 4.69) is 0 Å². The van der Waals surface area contributed by atoms with Crippen molar-refractivity contribution in [3.8, 4) is 11.5 Å². The minimum absolute atomic E-state index is 0.0102. The van der Waals surface area contributed by atoms with Crippen molar-refractivity contribution in [3.05, 3.63) is 22.7 Å². The summed E-state index contributed by atoms with van der Waals surface area (Å²) in [5, 5.41) is 9.59. The van der Waals surface area contributed by atoms with Gasteiger partial charge in [0.15, 0.2) is 11.5 Å². The lowest BCUT2D eigenvalue weighted by Gasteiger charge is -2.25. The lowest BCUT2D eigenvalue weighted by molar-refractivity contribution is -0.138. The Morgan fingerprint density at radius 2 is 1.86 bits per heavy atom. The van der Waals surface area contributed by atoms with Gasteiger partial charge in [0.1, 0.15) is 0 Å². The van der Waals surface area contributed by atoms with E-state index in [1.807, 2.05) is 19.9 Å². The first-order valence-corrected chi connectivity index (χ1v) is 7.51. The number of rotatable bonds is 3. The molecule has 1 spiro atoms. The van der Waals surface area contributed by atoms with Gasteiger partial charge in [-0.2, -0.15) is 0 Å². The summed E-state index contributed by atoms with van der Waals surface area (Å²) in [4.78, 5) is 11.0. The van der Waals surface area contributed by atoms with Crippen LogP contribution in [-0.4, -0.2) is 24.3 Å². The molecule has 1 N–H and O–H groups in total. The summed E-state index contributed by atoms with van der Waals surface area (Å²) in [6.07, 6.45) is 2.27. The SMILES string of the molecule is CC(C)(CC(=O)O)c1cc2c(cc1Cl)OCC1(CC1)CO2. The molecule has 1 saturated carbocycles. The highest BCUT2D eigenvalue weighted by Crippen LogP contribution is 2.50. The summed E-state index contributed by atoms with van der Waals surface area (Å²) in [6, 6.07) is 3.58. The van der Waals surface area contributed by atoms with Crippen LogP contribution in [0.4, 0.5) is 0 Å². The fraction of sp³-hybridized carbons (Fsp3) is 0.562. The second-order valence-electron chi connectivity index (χ2n) is 6.81. The zero-order valence-electron chi connectivity index (χ0n) is 12.2. The van der Waals surface area contributed by atoms with Gasteiger partial charge < -0.3 is 14.6 Å². The van der Waals surface area contributed by atoms with E-state index in [1.165, 1.54) is 0 Å². The third kappa shape index (κ3) is 2.82. The van der Waals surface area contributed by atoms with E-state index in [0.29, 0.717) is 29.7 Å². The van der Waals surface area contributed by atoms with Gasteiger partial charge in [0.05, 0.1) is 19.6 Å². The number of ether oxygens (including phenoxy) is 2. The molecule has 1 aromatic carbocycles. The van der Waals surface area contributed by atoms with Crippen LogP contribution in [0.1, 0.15) is 38.7 Å². The van der Waals surface area contributed by atoms with Gasteiger partial charge in [0, 0.05) is 21.9 Å². The molecule has 1 aliphatic heterocycles. The predicted molar refractivity (Wildman–Crippen MR) is 79.4 cm³/mol. The van der Waals surface area contributed by atoms with Gasteiger partial charge in [-0.25, -0.2) is 0 Å². The van der Waals surface area contributed by atoms with Gasteiger partial charge in [-0.1, -0.05) is 25.4 Å². The lowest BCUT2D eigenvalue weighted by atomic mass is 9.81. The van der Waals surface area contributed by atoms with Gasteiger partial charge in [-0.05, 0) is 24.5 Å². The molecule has 0 unspecified atom stereocenters. The number of halogens is 1. The van der Waals surface area contributed by atoms with Gasteiger partial charge in [0.25, 0.3) is 0 Å². The van der Waals surface area contributed by atoms with Crippen molar-refractivity contribution in [3.63, 3.8) is 0 Å². The first-order chi connectivity index (χ1) is 9.81. The Kier molecular flexibility index (Phi) is 3.32. The average molecular weight is 311 g/mol. The van der Waals surface area contributed by atoms with Crippen LogP contribution in [0.5, 0.6) is 11.5 Å². The van der Waals surface area contributed by atoms with Crippen molar-refractivity contribution in [2.75, 3.05) is 13.2 Å². The van der Waals surface area contributed by atoms with Crippen molar-refractivity contribution in [2.24, 2.45) is 5.41 Å². The fourth-order valence-electron chi connectivity index (χ4n) is 2.72. The van der Waals surface area contributed by atoms with Crippen molar-refractivity contribution < 1.29 is 19.4 Å². The Labute approximate surface area is 129 Å². The van der Waals surface area contributed by atoms with Crippen molar-refractivity contribution >= 4 is 17.6 Å². The van der Waals surface area contributed by atoms with Crippen molar-refractivity contribution in [1.82, 2.24) is 0 Å². The molecule has 0 aromatic heterocycles.